The molecular formula is C12H18N4. The van der Waals surface area contributed by atoms with Crippen molar-refractivity contribution in [1.29, 1.82) is 5.26 Å². The van der Waals surface area contributed by atoms with Gasteiger partial charge in [0, 0.05) is 6.04 Å². The molecule has 0 amide bonds. The minimum atomic E-state index is -0.231. The van der Waals surface area contributed by atoms with E-state index in [0.717, 1.165) is 12.2 Å². The van der Waals surface area contributed by atoms with Crippen LogP contribution in [0.15, 0.2) is 12.5 Å². The van der Waals surface area contributed by atoms with Crippen LogP contribution in [0.3, 0.4) is 0 Å². The van der Waals surface area contributed by atoms with Gasteiger partial charge < -0.3 is 4.57 Å². The highest BCUT2D eigenvalue weighted by atomic mass is 15.1. The SMILES string of the molecule is CC(C)CNC(C#N)c1cncn1C1CC1. The van der Waals surface area contributed by atoms with Crippen molar-refractivity contribution >= 4 is 0 Å². The van der Waals surface area contributed by atoms with Gasteiger partial charge in [0.2, 0.25) is 0 Å². The van der Waals surface area contributed by atoms with E-state index < -0.39 is 0 Å². The number of nitrogens with zero attached hydrogens (tertiary/aromatic N) is 3. The Morgan fingerprint density at radius 3 is 2.94 bits per heavy atom. The molecular weight excluding hydrogens is 200 g/mol. The second kappa shape index (κ2) is 4.67. The van der Waals surface area contributed by atoms with Crippen LogP contribution in [0, 0.1) is 17.2 Å². The van der Waals surface area contributed by atoms with Crippen LogP contribution in [0.4, 0.5) is 0 Å². The fraction of sp³-hybridized carbons (Fsp3) is 0.667. The van der Waals surface area contributed by atoms with E-state index in [1.165, 1.54) is 12.8 Å². The van der Waals surface area contributed by atoms with Crippen LogP contribution in [0.25, 0.3) is 0 Å². The Hall–Kier alpha value is -1.34. The van der Waals surface area contributed by atoms with E-state index in [0.29, 0.717) is 12.0 Å². The predicted octanol–water partition coefficient (Wildman–Crippen LogP) is 2.03. The summed E-state index contributed by atoms with van der Waals surface area (Å²) in [5.74, 6) is 0.549. The summed E-state index contributed by atoms with van der Waals surface area (Å²) in [6.07, 6.45) is 6.07. The number of aromatic nitrogens is 2. The third kappa shape index (κ3) is 2.42. The molecule has 4 heteroatoms. The number of imidazole rings is 1. The largest absolute Gasteiger partial charge is 0.329 e. The number of hydrogen-bond donors (Lipinski definition) is 1. The molecule has 0 saturated heterocycles. The molecule has 1 atom stereocenters. The summed E-state index contributed by atoms with van der Waals surface area (Å²) in [5, 5.41) is 12.5. The summed E-state index contributed by atoms with van der Waals surface area (Å²) >= 11 is 0. The molecule has 1 fully saturated rings. The molecule has 0 bridgehead atoms. The summed E-state index contributed by atoms with van der Waals surface area (Å²) in [7, 11) is 0. The zero-order valence-corrected chi connectivity index (χ0v) is 9.85. The van der Waals surface area contributed by atoms with Gasteiger partial charge >= 0.3 is 0 Å². The molecule has 1 unspecified atom stereocenters. The first-order chi connectivity index (χ1) is 7.72. The second-order valence-corrected chi connectivity index (χ2v) is 4.82. The smallest absolute Gasteiger partial charge is 0.138 e. The van der Waals surface area contributed by atoms with Gasteiger partial charge in [0.1, 0.15) is 6.04 Å². The summed E-state index contributed by atoms with van der Waals surface area (Å²) in [4.78, 5) is 4.15. The molecule has 1 aromatic heterocycles. The number of nitrogens with one attached hydrogen (secondary N) is 1. The Kier molecular flexibility index (Phi) is 3.25. The van der Waals surface area contributed by atoms with E-state index in [9.17, 15) is 5.26 Å². The molecule has 1 aromatic rings. The first-order valence-electron chi connectivity index (χ1n) is 5.87. The van der Waals surface area contributed by atoms with Gasteiger partial charge in [0.15, 0.2) is 0 Å². The normalized spacial score (nSPS) is 17.4. The molecule has 4 nitrogen and oxygen atoms in total. The van der Waals surface area contributed by atoms with Crippen molar-refractivity contribution in [3.63, 3.8) is 0 Å². The molecule has 0 spiro atoms. The van der Waals surface area contributed by atoms with Crippen LogP contribution in [-0.2, 0) is 0 Å². The summed E-state index contributed by atoms with van der Waals surface area (Å²) in [6.45, 7) is 5.13. The fourth-order valence-electron chi connectivity index (χ4n) is 1.77. The molecule has 1 aliphatic rings. The van der Waals surface area contributed by atoms with Gasteiger partial charge in [0.05, 0.1) is 24.3 Å². The average molecular weight is 218 g/mol. The first kappa shape index (κ1) is 11.2. The van der Waals surface area contributed by atoms with E-state index in [-0.39, 0.29) is 6.04 Å². The van der Waals surface area contributed by atoms with Gasteiger partial charge in [-0.25, -0.2) is 4.98 Å². The molecule has 2 rings (SSSR count). The van der Waals surface area contributed by atoms with E-state index in [1.54, 1.807) is 6.20 Å². The van der Waals surface area contributed by atoms with Gasteiger partial charge in [-0.3, -0.25) is 5.32 Å². The molecule has 1 saturated carbocycles. The molecule has 1 heterocycles. The average Bonchev–Trinajstić information content (AvgIpc) is 2.99. The minimum Gasteiger partial charge on any atom is -0.329 e. The Bertz CT molecular complexity index is 384. The molecule has 1 aliphatic carbocycles. The highest BCUT2D eigenvalue weighted by Gasteiger charge is 2.27. The molecule has 0 radical (unpaired) electrons. The third-order valence-electron chi connectivity index (χ3n) is 2.79. The maximum Gasteiger partial charge on any atom is 0.138 e. The summed E-state index contributed by atoms with van der Waals surface area (Å²) < 4.78 is 2.14. The van der Waals surface area contributed by atoms with Gasteiger partial charge in [-0.15, -0.1) is 0 Å². The lowest BCUT2D eigenvalue weighted by molar-refractivity contribution is 0.505. The molecule has 86 valence electrons. The van der Waals surface area contributed by atoms with Gasteiger partial charge in [-0.2, -0.15) is 5.26 Å². The molecule has 16 heavy (non-hydrogen) atoms. The Balaban J connectivity index is 2.07. The lowest BCUT2D eigenvalue weighted by Gasteiger charge is -2.15. The maximum atomic E-state index is 9.18. The van der Waals surface area contributed by atoms with E-state index in [2.05, 4.69) is 34.8 Å². The number of hydrogen-bond acceptors (Lipinski definition) is 3. The summed E-state index contributed by atoms with van der Waals surface area (Å²) in [6, 6.07) is 2.66. The molecule has 0 aromatic carbocycles. The van der Waals surface area contributed by atoms with Gasteiger partial charge in [0.25, 0.3) is 0 Å². The van der Waals surface area contributed by atoms with Crippen LogP contribution in [-0.4, -0.2) is 16.1 Å². The van der Waals surface area contributed by atoms with Crippen LogP contribution in [0.1, 0.15) is 44.5 Å². The van der Waals surface area contributed by atoms with Crippen LogP contribution in [0.5, 0.6) is 0 Å². The zero-order chi connectivity index (χ0) is 11.5. The van der Waals surface area contributed by atoms with Crippen molar-refractivity contribution in [1.82, 2.24) is 14.9 Å². The van der Waals surface area contributed by atoms with Crippen molar-refractivity contribution in [3.8, 4) is 6.07 Å². The van der Waals surface area contributed by atoms with Crippen molar-refractivity contribution in [3.05, 3.63) is 18.2 Å². The topological polar surface area (TPSA) is 53.6 Å². The monoisotopic (exact) mass is 218 g/mol. The van der Waals surface area contributed by atoms with Gasteiger partial charge in [-0.1, -0.05) is 13.8 Å². The molecule has 1 N–H and O–H groups in total. The zero-order valence-electron chi connectivity index (χ0n) is 9.85. The second-order valence-electron chi connectivity index (χ2n) is 4.82. The van der Waals surface area contributed by atoms with E-state index in [4.69, 9.17) is 0 Å². The first-order valence-corrected chi connectivity index (χ1v) is 5.87. The summed E-state index contributed by atoms with van der Waals surface area (Å²) in [5.41, 5.74) is 1.01. The highest BCUT2D eigenvalue weighted by Crippen LogP contribution is 2.36. The number of rotatable bonds is 5. The van der Waals surface area contributed by atoms with Crippen LogP contribution in [0.2, 0.25) is 0 Å². The van der Waals surface area contributed by atoms with E-state index in [1.807, 2.05) is 6.33 Å². The van der Waals surface area contributed by atoms with Crippen molar-refractivity contribution < 1.29 is 0 Å². The molecule has 0 aliphatic heterocycles. The highest BCUT2D eigenvalue weighted by molar-refractivity contribution is 5.16. The quantitative estimate of drug-likeness (QED) is 0.822. The standard InChI is InChI=1S/C12H18N4/c1-9(2)6-15-11(5-13)12-7-14-8-16(12)10-3-4-10/h7-11,15H,3-4,6H2,1-2H3. The predicted molar refractivity (Wildman–Crippen MR) is 61.7 cm³/mol. The van der Waals surface area contributed by atoms with Crippen molar-refractivity contribution in [2.75, 3.05) is 6.54 Å². The Morgan fingerprint density at radius 2 is 2.38 bits per heavy atom. The van der Waals surface area contributed by atoms with Crippen LogP contribution >= 0.6 is 0 Å². The maximum absolute atomic E-state index is 9.18. The van der Waals surface area contributed by atoms with Crippen LogP contribution < -0.4 is 5.32 Å². The minimum absolute atomic E-state index is 0.231. The van der Waals surface area contributed by atoms with Gasteiger partial charge in [-0.05, 0) is 25.3 Å². The lowest BCUT2D eigenvalue weighted by atomic mass is 10.2. The Labute approximate surface area is 96.3 Å². The lowest BCUT2D eigenvalue weighted by Crippen LogP contribution is -2.26. The Morgan fingerprint density at radius 1 is 1.62 bits per heavy atom. The van der Waals surface area contributed by atoms with Crippen molar-refractivity contribution in [2.45, 2.75) is 38.8 Å². The van der Waals surface area contributed by atoms with Crippen molar-refractivity contribution in [2.24, 2.45) is 5.92 Å². The van der Waals surface area contributed by atoms with E-state index >= 15 is 0 Å². The fourth-order valence-corrected chi connectivity index (χ4v) is 1.77. The third-order valence-corrected chi connectivity index (χ3v) is 2.79. The number of nitriles is 1.